The van der Waals surface area contributed by atoms with Crippen LogP contribution in [0.3, 0.4) is 0 Å². The molecule has 0 saturated carbocycles. The molecule has 0 bridgehead atoms. The molecule has 3 N–H and O–H groups in total. The molecule has 0 heterocycles. The van der Waals surface area contributed by atoms with E-state index in [0.717, 1.165) is 4.47 Å². The molecule has 0 fully saturated rings. The zero-order chi connectivity index (χ0) is 19.1. The Morgan fingerprint density at radius 1 is 1.12 bits per heavy atom. The lowest BCUT2D eigenvalue weighted by Crippen LogP contribution is -2.20. The van der Waals surface area contributed by atoms with Gasteiger partial charge in [0.05, 0.1) is 16.9 Å². The van der Waals surface area contributed by atoms with Crippen molar-refractivity contribution >= 4 is 62.8 Å². The summed E-state index contributed by atoms with van der Waals surface area (Å²) in [6.07, 6.45) is 1.22. The van der Waals surface area contributed by atoms with Crippen LogP contribution in [0.15, 0.2) is 46.0 Å². The van der Waals surface area contributed by atoms with E-state index in [0.29, 0.717) is 21.3 Å². The van der Waals surface area contributed by atoms with Crippen LogP contribution in [-0.2, 0) is 9.59 Å². The summed E-state index contributed by atoms with van der Waals surface area (Å²) < 4.78 is 0.764. The third-order valence-electron chi connectivity index (χ3n) is 3.17. The molecule has 26 heavy (non-hydrogen) atoms. The van der Waals surface area contributed by atoms with Crippen molar-refractivity contribution in [1.82, 2.24) is 5.43 Å². The SMILES string of the molecule is O=C(CCC(=O)Nc1ccc(Cl)cc1Cl)NN=Cc1cc(Br)ccc1O. The molecule has 0 aliphatic carbocycles. The smallest absolute Gasteiger partial charge is 0.240 e. The van der Waals surface area contributed by atoms with Crippen molar-refractivity contribution in [3.05, 3.63) is 56.5 Å². The summed E-state index contributed by atoms with van der Waals surface area (Å²) in [5, 5.41) is 16.8. The average Bonchev–Trinajstić information content (AvgIpc) is 2.58. The van der Waals surface area contributed by atoms with E-state index < -0.39 is 5.91 Å². The van der Waals surface area contributed by atoms with Crippen molar-refractivity contribution in [2.75, 3.05) is 5.32 Å². The zero-order valence-corrected chi connectivity index (χ0v) is 16.4. The Hall–Kier alpha value is -2.09. The second-order valence-corrected chi connectivity index (χ2v) is 6.93. The van der Waals surface area contributed by atoms with Gasteiger partial charge in [0.15, 0.2) is 0 Å². The van der Waals surface area contributed by atoms with Gasteiger partial charge in [0.2, 0.25) is 11.8 Å². The van der Waals surface area contributed by atoms with Gasteiger partial charge in [-0.2, -0.15) is 5.10 Å². The minimum atomic E-state index is -0.437. The van der Waals surface area contributed by atoms with E-state index in [1.165, 1.54) is 18.3 Å². The highest BCUT2D eigenvalue weighted by Gasteiger charge is 2.09. The first-order chi connectivity index (χ1) is 12.3. The van der Waals surface area contributed by atoms with Crippen molar-refractivity contribution in [2.24, 2.45) is 5.10 Å². The van der Waals surface area contributed by atoms with Gasteiger partial charge in [0.1, 0.15) is 5.75 Å². The van der Waals surface area contributed by atoms with Crippen LogP contribution in [0.5, 0.6) is 5.75 Å². The first-order valence-electron chi connectivity index (χ1n) is 7.40. The Bertz CT molecular complexity index is 859. The molecule has 0 aliphatic heterocycles. The van der Waals surface area contributed by atoms with E-state index in [4.69, 9.17) is 23.2 Å². The summed E-state index contributed by atoms with van der Waals surface area (Å²) in [7, 11) is 0. The fraction of sp³-hybridized carbons (Fsp3) is 0.118. The minimum absolute atomic E-state index is 0.0328. The predicted molar refractivity (Wildman–Crippen MR) is 106 cm³/mol. The van der Waals surface area contributed by atoms with Crippen molar-refractivity contribution < 1.29 is 14.7 Å². The molecule has 0 aliphatic rings. The lowest BCUT2D eigenvalue weighted by Gasteiger charge is -2.07. The molecule has 6 nitrogen and oxygen atoms in total. The molecule has 0 radical (unpaired) electrons. The number of rotatable bonds is 6. The molecular weight excluding hydrogens is 445 g/mol. The van der Waals surface area contributed by atoms with E-state index >= 15 is 0 Å². The number of nitrogens with zero attached hydrogens (tertiary/aromatic N) is 1. The number of nitrogens with one attached hydrogen (secondary N) is 2. The topological polar surface area (TPSA) is 90.8 Å². The molecule has 2 aromatic carbocycles. The van der Waals surface area contributed by atoms with Crippen LogP contribution in [-0.4, -0.2) is 23.1 Å². The quantitative estimate of drug-likeness (QED) is 0.444. The Kier molecular flexibility index (Phi) is 7.44. The monoisotopic (exact) mass is 457 g/mol. The maximum Gasteiger partial charge on any atom is 0.240 e. The van der Waals surface area contributed by atoms with Gasteiger partial charge >= 0.3 is 0 Å². The fourth-order valence-corrected chi connectivity index (χ4v) is 2.72. The maximum absolute atomic E-state index is 11.9. The highest BCUT2D eigenvalue weighted by Crippen LogP contribution is 2.25. The average molecular weight is 459 g/mol. The molecule has 0 saturated heterocycles. The second kappa shape index (κ2) is 9.56. The molecule has 0 unspecified atom stereocenters. The predicted octanol–water partition coefficient (Wildman–Crippen LogP) is 4.33. The normalized spacial score (nSPS) is 10.7. The van der Waals surface area contributed by atoms with Crippen LogP contribution in [0.2, 0.25) is 10.0 Å². The van der Waals surface area contributed by atoms with Crippen LogP contribution in [0, 0.1) is 0 Å². The molecule has 2 amide bonds. The maximum atomic E-state index is 11.9. The fourth-order valence-electron chi connectivity index (χ4n) is 1.89. The van der Waals surface area contributed by atoms with Gasteiger partial charge in [-0.3, -0.25) is 9.59 Å². The first-order valence-corrected chi connectivity index (χ1v) is 8.95. The van der Waals surface area contributed by atoms with Gasteiger partial charge < -0.3 is 10.4 Å². The van der Waals surface area contributed by atoms with Gasteiger partial charge in [0, 0.05) is 27.9 Å². The number of benzene rings is 2. The van der Waals surface area contributed by atoms with Gasteiger partial charge in [-0.25, -0.2) is 5.43 Å². The van der Waals surface area contributed by atoms with Crippen LogP contribution < -0.4 is 10.7 Å². The molecule has 0 aromatic heterocycles. The lowest BCUT2D eigenvalue weighted by molar-refractivity contribution is -0.124. The summed E-state index contributed by atoms with van der Waals surface area (Å²) in [5.41, 5.74) is 3.16. The third kappa shape index (κ3) is 6.33. The van der Waals surface area contributed by atoms with Crippen LogP contribution >= 0.6 is 39.1 Å². The number of hydrogen-bond acceptors (Lipinski definition) is 4. The van der Waals surface area contributed by atoms with E-state index in [1.54, 1.807) is 24.3 Å². The first kappa shape index (κ1) is 20.2. The zero-order valence-electron chi connectivity index (χ0n) is 13.3. The third-order valence-corrected chi connectivity index (χ3v) is 4.21. The van der Waals surface area contributed by atoms with E-state index in [1.807, 2.05) is 0 Å². The Labute approximate surface area is 168 Å². The molecule has 2 rings (SSSR count). The molecule has 2 aromatic rings. The molecule has 9 heteroatoms. The minimum Gasteiger partial charge on any atom is -0.507 e. The van der Waals surface area contributed by atoms with E-state index in [9.17, 15) is 14.7 Å². The highest BCUT2D eigenvalue weighted by atomic mass is 79.9. The summed E-state index contributed by atoms with van der Waals surface area (Å²) in [6.45, 7) is 0. The van der Waals surface area contributed by atoms with Crippen LogP contribution in [0.4, 0.5) is 5.69 Å². The lowest BCUT2D eigenvalue weighted by atomic mass is 10.2. The van der Waals surface area contributed by atoms with Crippen molar-refractivity contribution in [3.63, 3.8) is 0 Å². The second-order valence-electron chi connectivity index (χ2n) is 5.17. The number of phenolic OH excluding ortho intramolecular Hbond substituents is 1. The Balaban J connectivity index is 1.80. The van der Waals surface area contributed by atoms with Gasteiger partial charge in [-0.1, -0.05) is 39.1 Å². The summed E-state index contributed by atoms with van der Waals surface area (Å²) >= 11 is 15.0. The number of aromatic hydroxyl groups is 1. The number of hydrazone groups is 1. The van der Waals surface area contributed by atoms with Gasteiger partial charge in [-0.05, 0) is 36.4 Å². The largest absolute Gasteiger partial charge is 0.507 e. The number of anilines is 1. The molecular formula is C17H14BrCl2N3O3. The number of halogens is 3. The van der Waals surface area contributed by atoms with Crippen molar-refractivity contribution in [3.8, 4) is 5.75 Å². The summed E-state index contributed by atoms with van der Waals surface area (Å²) in [5.74, 6) is -0.767. The van der Waals surface area contributed by atoms with Crippen molar-refractivity contribution in [1.29, 1.82) is 0 Å². The number of phenols is 1. The number of carbonyl (C=O) groups is 2. The van der Waals surface area contributed by atoms with E-state index in [-0.39, 0.29) is 24.5 Å². The van der Waals surface area contributed by atoms with Gasteiger partial charge in [-0.15, -0.1) is 0 Å². The highest BCUT2D eigenvalue weighted by molar-refractivity contribution is 9.10. The number of carbonyl (C=O) groups excluding carboxylic acids is 2. The molecule has 0 atom stereocenters. The van der Waals surface area contributed by atoms with Crippen LogP contribution in [0.1, 0.15) is 18.4 Å². The molecule has 0 spiro atoms. The van der Waals surface area contributed by atoms with Crippen LogP contribution in [0.25, 0.3) is 0 Å². The summed E-state index contributed by atoms with van der Waals surface area (Å²) in [4.78, 5) is 23.6. The number of hydrogen-bond donors (Lipinski definition) is 3. The molecule has 136 valence electrons. The number of amides is 2. The van der Waals surface area contributed by atoms with E-state index in [2.05, 4.69) is 31.8 Å². The van der Waals surface area contributed by atoms with Crippen molar-refractivity contribution in [2.45, 2.75) is 12.8 Å². The van der Waals surface area contributed by atoms with Gasteiger partial charge in [0.25, 0.3) is 0 Å². The standard InChI is InChI=1S/C17H14BrCl2N3O3/c18-11-1-4-15(24)10(7-11)9-21-23-17(26)6-5-16(25)22-14-3-2-12(19)8-13(14)20/h1-4,7-9,24H,5-6H2,(H,22,25)(H,23,26). The Morgan fingerprint density at radius 2 is 1.85 bits per heavy atom. The summed E-state index contributed by atoms with van der Waals surface area (Å²) in [6, 6.07) is 9.52. The Morgan fingerprint density at radius 3 is 2.58 bits per heavy atom.